The predicted molar refractivity (Wildman–Crippen MR) is 94.6 cm³/mol. The number of nitrogens with zero attached hydrogens (tertiary/aromatic N) is 3. The van der Waals surface area contributed by atoms with Crippen LogP contribution in [0.4, 0.5) is 4.79 Å². The highest BCUT2D eigenvalue weighted by molar-refractivity contribution is 5.68. The maximum absolute atomic E-state index is 12.1. The Bertz CT molecular complexity index is 706. The summed E-state index contributed by atoms with van der Waals surface area (Å²) in [6.45, 7) is 7.51. The van der Waals surface area contributed by atoms with Crippen molar-refractivity contribution in [1.29, 1.82) is 0 Å². The SMILES string of the molecule is CC(C)(C)OC(=O)N1CCC(Oc2cnn(Cc3ccccc3)c2)C1. The molecular formula is C19H25N3O3. The van der Waals surface area contributed by atoms with Crippen molar-refractivity contribution >= 4 is 6.09 Å². The highest BCUT2D eigenvalue weighted by Crippen LogP contribution is 2.20. The van der Waals surface area contributed by atoms with Crippen LogP contribution in [-0.2, 0) is 11.3 Å². The summed E-state index contributed by atoms with van der Waals surface area (Å²) in [6.07, 6.45) is 4.10. The van der Waals surface area contributed by atoms with Crippen LogP contribution in [0.3, 0.4) is 0 Å². The molecule has 0 spiro atoms. The highest BCUT2D eigenvalue weighted by Gasteiger charge is 2.31. The van der Waals surface area contributed by atoms with E-state index < -0.39 is 5.60 Å². The number of amides is 1. The first kappa shape index (κ1) is 17.3. The zero-order valence-electron chi connectivity index (χ0n) is 15.0. The van der Waals surface area contributed by atoms with Crippen molar-refractivity contribution in [3.05, 3.63) is 48.3 Å². The minimum Gasteiger partial charge on any atom is -0.485 e. The van der Waals surface area contributed by atoms with E-state index in [0.29, 0.717) is 19.6 Å². The van der Waals surface area contributed by atoms with Crippen molar-refractivity contribution in [2.75, 3.05) is 13.1 Å². The fourth-order valence-corrected chi connectivity index (χ4v) is 2.77. The van der Waals surface area contributed by atoms with E-state index in [1.165, 1.54) is 5.56 Å². The van der Waals surface area contributed by atoms with Gasteiger partial charge in [-0.15, -0.1) is 0 Å². The second kappa shape index (κ2) is 7.17. The summed E-state index contributed by atoms with van der Waals surface area (Å²) in [5, 5.41) is 4.34. The molecule has 1 aliphatic rings. The van der Waals surface area contributed by atoms with Crippen molar-refractivity contribution < 1.29 is 14.3 Å². The average molecular weight is 343 g/mol. The molecule has 6 nitrogen and oxygen atoms in total. The maximum Gasteiger partial charge on any atom is 0.410 e. The molecule has 2 heterocycles. The molecule has 3 rings (SSSR count). The van der Waals surface area contributed by atoms with E-state index in [9.17, 15) is 4.79 Å². The molecule has 0 aliphatic carbocycles. The van der Waals surface area contributed by atoms with Crippen LogP contribution >= 0.6 is 0 Å². The Morgan fingerprint density at radius 3 is 2.76 bits per heavy atom. The molecule has 1 unspecified atom stereocenters. The first-order valence-corrected chi connectivity index (χ1v) is 8.60. The number of carbonyl (C=O) groups excluding carboxylic acids is 1. The van der Waals surface area contributed by atoms with Crippen LogP contribution in [-0.4, -0.2) is 45.6 Å². The van der Waals surface area contributed by atoms with E-state index in [2.05, 4.69) is 17.2 Å². The Balaban J connectivity index is 1.51. The zero-order valence-corrected chi connectivity index (χ0v) is 15.0. The van der Waals surface area contributed by atoms with Gasteiger partial charge in [0.2, 0.25) is 0 Å². The van der Waals surface area contributed by atoms with Crippen molar-refractivity contribution in [1.82, 2.24) is 14.7 Å². The van der Waals surface area contributed by atoms with E-state index in [0.717, 1.165) is 12.2 Å². The molecule has 134 valence electrons. The quantitative estimate of drug-likeness (QED) is 0.854. The van der Waals surface area contributed by atoms with Gasteiger partial charge in [-0.1, -0.05) is 30.3 Å². The molecule has 25 heavy (non-hydrogen) atoms. The number of aromatic nitrogens is 2. The van der Waals surface area contributed by atoms with E-state index in [1.54, 1.807) is 11.1 Å². The van der Waals surface area contributed by atoms with E-state index in [-0.39, 0.29) is 12.2 Å². The summed E-state index contributed by atoms with van der Waals surface area (Å²) >= 11 is 0. The van der Waals surface area contributed by atoms with Gasteiger partial charge >= 0.3 is 6.09 Å². The van der Waals surface area contributed by atoms with Gasteiger partial charge in [-0.05, 0) is 26.3 Å². The lowest BCUT2D eigenvalue weighted by Crippen LogP contribution is -2.36. The lowest BCUT2D eigenvalue weighted by atomic mass is 10.2. The number of benzene rings is 1. The third kappa shape index (κ3) is 4.98. The Morgan fingerprint density at radius 1 is 1.28 bits per heavy atom. The lowest BCUT2D eigenvalue weighted by Gasteiger charge is -2.24. The Kier molecular flexibility index (Phi) is 4.97. The van der Waals surface area contributed by atoms with Gasteiger partial charge in [-0.25, -0.2) is 4.79 Å². The summed E-state index contributed by atoms with van der Waals surface area (Å²) in [6, 6.07) is 10.2. The topological polar surface area (TPSA) is 56.6 Å². The van der Waals surface area contributed by atoms with Crippen LogP contribution in [0.5, 0.6) is 5.75 Å². The Labute approximate surface area is 148 Å². The first-order valence-electron chi connectivity index (χ1n) is 8.60. The number of hydrogen-bond acceptors (Lipinski definition) is 4. The summed E-state index contributed by atoms with van der Waals surface area (Å²) in [5.41, 5.74) is 0.711. The molecule has 1 atom stereocenters. The van der Waals surface area contributed by atoms with Gasteiger partial charge < -0.3 is 14.4 Å². The number of rotatable bonds is 4. The zero-order chi connectivity index (χ0) is 17.9. The van der Waals surface area contributed by atoms with Crippen molar-refractivity contribution in [3.63, 3.8) is 0 Å². The van der Waals surface area contributed by atoms with Gasteiger partial charge in [0.25, 0.3) is 0 Å². The molecule has 1 aliphatic heterocycles. The first-order chi connectivity index (χ1) is 11.9. The van der Waals surface area contributed by atoms with Crippen LogP contribution in [0.2, 0.25) is 0 Å². The minimum atomic E-state index is -0.478. The Morgan fingerprint density at radius 2 is 2.04 bits per heavy atom. The van der Waals surface area contributed by atoms with Crippen LogP contribution in [0.15, 0.2) is 42.7 Å². The Hall–Kier alpha value is -2.50. The standard InChI is InChI=1S/C19H25N3O3/c1-19(2,3)25-18(23)21-10-9-16(13-21)24-17-11-20-22(14-17)12-15-7-5-4-6-8-15/h4-8,11,14,16H,9-10,12-13H2,1-3H3. The average Bonchev–Trinajstić information content (AvgIpc) is 3.17. The molecule has 0 N–H and O–H groups in total. The van der Waals surface area contributed by atoms with Crippen LogP contribution < -0.4 is 4.74 Å². The highest BCUT2D eigenvalue weighted by atomic mass is 16.6. The van der Waals surface area contributed by atoms with Crippen molar-refractivity contribution in [2.45, 2.75) is 45.4 Å². The van der Waals surface area contributed by atoms with Crippen LogP contribution in [0.1, 0.15) is 32.8 Å². The summed E-state index contributed by atoms with van der Waals surface area (Å²) in [7, 11) is 0. The van der Waals surface area contributed by atoms with Crippen LogP contribution in [0, 0.1) is 0 Å². The van der Waals surface area contributed by atoms with Crippen LogP contribution in [0.25, 0.3) is 0 Å². The third-order valence-electron chi connectivity index (χ3n) is 3.90. The molecule has 1 saturated heterocycles. The van der Waals surface area contributed by atoms with Gasteiger partial charge in [0.15, 0.2) is 5.75 Å². The fraction of sp³-hybridized carbons (Fsp3) is 0.474. The second-order valence-electron chi connectivity index (χ2n) is 7.31. The molecule has 0 radical (unpaired) electrons. The number of likely N-dealkylation sites (tertiary alicyclic amines) is 1. The smallest absolute Gasteiger partial charge is 0.410 e. The number of hydrogen-bond donors (Lipinski definition) is 0. The van der Waals surface area contributed by atoms with Gasteiger partial charge in [0, 0.05) is 13.0 Å². The van der Waals surface area contributed by atoms with Gasteiger partial charge in [-0.3, -0.25) is 4.68 Å². The van der Waals surface area contributed by atoms with Gasteiger partial charge in [-0.2, -0.15) is 5.10 Å². The normalized spacial score (nSPS) is 17.6. The molecule has 1 fully saturated rings. The molecule has 2 aromatic rings. The van der Waals surface area contributed by atoms with E-state index in [1.807, 2.05) is 49.8 Å². The molecule has 6 heteroatoms. The summed E-state index contributed by atoms with van der Waals surface area (Å²) < 4.78 is 13.2. The summed E-state index contributed by atoms with van der Waals surface area (Å²) in [4.78, 5) is 13.8. The molecule has 1 aromatic heterocycles. The lowest BCUT2D eigenvalue weighted by molar-refractivity contribution is 0.0275. The van der Waals surface area contributed by atoms with E-state index in [4.69, 9.17) is 9.47 Å². The molecule has 1 amide bonds. The fourth-order valence-electron chi connectivity index (χ4n) is 2.77. The third-order valence-corrected chi connectivity index (χ3v) is 3.90. The molecule has 0 bridgehead atoms. The largest absolute Gasteiger partial charge is 0.485 e. The second-order valence-corrected chi connectivity index (χ2v) is 7.31. The maximum atomic E-state index is 12.1. The number of carbonyl (C=O) groups is 1. The van der Waals surface area contributed by atoms with Crippen molar-refractivity contribution in [2.24, 2.45) is 0 Å². The van der Waals surface area contributed by atoms with Gasteiger partial charge in [0.1, 0.15) is 11.7 Å². The van der Waals surface area contributed by atoms with Crippen molar-refractivity contribution in [3.8, 4) is 5.75 Å². The molecule has 0 saturated carbocycles. The number of ether oxygens (including phenoxy) is 2. The summed E-state index contributed by atoms with van der Waals surface area (Å²) in [5.74, 6) is 0.729. The van der Waals surface area contributed by atoms with Gasteiger partial charge in [0.05, 0.1) is 25.5 Å². The predicted octanol–water partition coefficient (Wildman–Crippen LogP) is 3.32. The van der Waals surface area contributed by atoms with E-state index >= 15 is 0 Å². The molecule has 1 aromatic carbocycles. The minimum absolute atomic E-state index is 0.0260. The monoisotopic (exact) mass is 343 g/mol. The molecular weight excluding hydrogens is 318 g/mol.